The molecule has 1 aromatic heterocycles. The molecular weight excluding hydrogens is 300 g/mol. The quantitative estimate of drug-likeness (QED) is 0.536. The SMILES string of the molecule is CC1Cn2c(=S)[nH]c3cc([N+](=O)[O-])cc(c32)CN1CC1CC1. The van der Waals surface area contributed by atoms with E-state index < -0.39 is 0 Å². The molecule has 2 heterocycles. The highest BCUT2D eigenvalue weighted by Gasteiger charge is 2.30. The summed E-state index contributed by atoms with van der Waals surface area (Å²) in [4.78, 5) is 16.4. The zero-order valence-corrected chi connectivity index (χ0v) is 13.2. The maximum atomic E-state index is 11.2. The molecular formula is C15H18N4O2S. The molecule has 2 aliphatic rings. The summed E-state index contributed by atoms with van der Waals surface area (Å²) in [6.45, 7) is 4.87. The highest BCUT2D eigenvalue weighted by Crippen LogP contribution is 2.34. The zero-order chi connectivity index (χ0) is 15.4. The number of non-ortho nitro benzene ring substituents is 1. The molecule has 4 rings (SSSR count). The van der Waals surface area contributed by atoms with E-state index in [9.17, 15) is 10.1 Å². The van der Waals surface area contributed by atoms with E-state index in [1.807, 2.05) is 0 Å². The maximum absolute atomic E-state index is 11.2. The molecule has 6 nitrogen and oxygen atoms in total. The Morgan fingerprint density at radius 1 is 1.45 bits per heavy atom. The highest BCUT2D eigenvalue weighted by atomic mass is 32.1. The van der Waals surface area contributed by atoms with Crippen molar-refractivity contribution in [3.63, 3.8) is 0 Å². The number of hydrogen-bond donors (Lipinski definition) is 1. The summed E-state index contributed by atoms with van der Waals surface area (Å²) in [7, 11) is 0. The van der Waals surface area contributed by atoms with Crippen molar-refractivity contribution in [2.24, 2.45) is 5.92 Å². The first-order valence-electron chi connectivity index (χ1n) is 7.67. The molecule has 1 fully saturated rings. The Labute approximate surface area is 132 Å². The number of nitrogens with one attached hydrogen (secondary N) is 1. The Morgan fingerprint density at radius 2 is 2.23 bits per heavy atom. The number of benzene rings is 1. The Morgan fingerprint density at radius 3 is 2.91 bits per heavy atom. The summed E-state index contributed by atoms with van der Waals surface area (Å²) in [6.07, 6.45) is 2.61. The number of nitrogens with zero attached hydrogens (tertiary/aromatic N) is 3. The first-order valence-corrected chi connectivity index (χ1v) is 8.07. The summed E-state index contributed by atoms with van der Waals surface area (Å²) in [5.41, 5.74) is 2.93. The summed E-state index contributed by atoms with van der Waals surface area (Å²) >= 11 is 5.43. The molecule has 1 atom stereocenters. The van der Waals surface area contributed by atoms with Crippen LogP contribution in [0.25, 0.3) is 11.0 Å². The first kappa shape index (κ1) is 13.9. The van der Waals surface area contributed by atoms with Crippen LogP contribution in [0.4, 0.5) is 5.69 Å². The Bertz CT molecular complexity index is 821. The molecule has 0 saturated heterocycles. The van der Waals surface area contributed by atoms with Gasteiger partial charge in [-0.1, -0.05) is 0 Å². The van der Waals surface area contributed by atoms with Gasteiger partial charge in [0.25, 0.3) is 5.69 Å². The Balaban J connectivity index is 1.86. The van der Waals surface area contributed by atoms with E-state index in [0.29, 0.717) is 10.8 Å². The van der Waals surface area contributed by atoms with E-state index in [1.165, 1.54) is 12.8 Å². The van der Waals surface area contributed by atoms with E-state index in [1.54, 1.807) is 12.1 Å². The van der Waals surface area contributed by atoms with Crippen LogP contribution in [0.3, 0.4) is 0 Å². The molecule has 0 radical (unpaired) electrons. The maximum Gasteiger partial charge on any atom is 0.271 e. The lowest BCUT2D eigenvalue weighted by Crippen LogP contribution is -2.35. The van der Waals surface area contributed by atoms with Crippen LogP contribution in [-0.2, 0) is 13.1 Å². The van der Waals surface area contributed by atoms with Crippen molar-refractivity contribution in [2.75, 3.05) is 6.54 Å². The molecule has 116 valence electrons. The van der Waals surface area contributed by atoms with Gasteiger partial charge in [-0.15, -0.1) is 0 Å². The van der Waals surface area contributed by atoms with E-state index >= 15 is 0 Å². The van der Waals surface area contributed by atoms with E-state index in [2.05, 4.69) is 21.4 Å². The van der Waals surface area contributed by atoms with E-state index in [0.717, 1.165) is 42.1 Å². The zero-order valence-electron chi connectivity index (χ0n) is 12.4. The smallest absolute Gasteiger partial charge is 0.271 e. The van der Waals surface area contributed by atoms with Crippen LogP contribution in [0.1, 0.15) is 25.3 Å². The molecule has 22 heavy (non-hydrogen) atoms. The molecule has 1 aromatic carbocycles. The molecule has 0 bridgehead atoms. The van der Waals surface area contributed by atoms with Crippen molar-refractivity contribution in [1.29, 1.82) is 0 Å². The number of imidazole rings is 1. The lowest BCUT2D eigenvalue weighted by atomic mass is 10.1. The summed E-state index contributed by atoms with van der Waals surface area (Å²) in [5, 5.41) is 11.2. The van der Waals surface area contributed by atoms with Crippen molar-refractivity contribution in [3.05, 3.63) is 32.6 Å². The number of hydrogen-bond acceptors (Lipinski definition) is 4. The average molecular weight is 318 g/mol. The average Bonchev–Trinajstić information content (AvgIpc) is 3.23. The van der Waals surface area contributed by atoms with Gasteiger partial charge in [0.2, 0.25) is 0 Å². The van der Waals surface area contributed by atoms with Crippen molar-refractivity contribution < 1.29 is 4.92 Å². The normalized spacial score (nSPS) is 22.0. The van der Waals surface area contributed by atoms with Gasteiger partial charge in [0.1, 0.15) is 0 Å². The monoisotopic (exact) mass is 318 g/mol. The largest absolute Gasteiger partial charge is 0.330 e. The molecule has 0 amide bonds. The van der Waals surface area contributed by atoms with Crippen LogP contribution < -0.4 is 0 Å². The van der Waals surface area contributed by atoms with Crippen LogP contribution in [0.15, 0.2) is 12.1 Å². The number of rotatable bonds is 3. The molecule has 1 unspecified atom stereocenters. The molecule has 2 aromatic rings. The minimum Gasteiger partial charge on any atom is -0.330 e. The molecule has 1 saturated carbocycles. The van der Waals surface area contributed by atoms with Crippen LogP contribution >= 0.6 is 12.2 Å². The second-order valence-electron chi connectivity index (χ2n) is 6.52. The van der Waals surface area contributed by atoms with Crippen LogP contribution in [0.2, 0.25) is 0 Å². The summed E-state index contributed by atoms with van der Waals surface area (Å²) in [5.74, 6) is 0.795. The predicted molar refractivity (Wildman–Crippen MR) is 86.4 cm³/mol. The van der Waals surface area contributed by atoms with Crippen LogP contribution in [0, 0.1) is 20.8 Å². The molecule has 1 aliphatic heterocycles. The van der Waals surface area contributed by atoms with Gasteiger partial charge in [0, 0.05) is 37.8 Å². The van der Waals surface area contributed by atoms with Crippen LogP contribution in [0.5, 0.6) is 0 Å². The lowest BCUT2D eigenvalue weighted by molar-refractivity contribution is -0.384. The minimum absolute atomic E-state index is 0.131. The fourth-order valence-electron chi connectivity index (χ4n) is 3.41. The van der Waals surface area contributed by atoms with Crippen molar-refractivity contribution in [1.82, 2.24) is 14.5 Å². The predicted octanol–water partition coefficient (Wildman–Crippen LogP) is 3.22. The van der Waals surface area contributed by atoms with Gasteiger partial charge in [0.05, 0.1) is 16.0 Å². The number of nitro benzene ring substituents is 1. The fraction of sp³-hybridized carbons (Fsp3) is 0.533. The lowest BCUT2D eigenvalue weighted by Gasteiger charge is -2.27. The molecule has 1 aliphatic carbocycles. The van der Waals surface area contributed by atoms with Crippen molar-refractivity contribution in [3.8, 4) is 0 Å². The van der Waals surface area contributed by atoms with Gasteiger partial charge < -0.3 is 9.55 Å². The van der Waals surface area contributed by atoms with Gasteiger partial charge >= 0.3 is 0 Å². The third kappa shape index (κ3) is 2.24. The minimum atomic E-state index is -0.330. The Kier molecular flexibility index (Phi) is 3.09. The van der Waals surface area contributed by atoms with Crippen molar-refractivity contribution in [2.45, 2.75) is 38.9 Å². The number of aromatic amines is 1. The van der Waals surface area contributed by atoms with Gasteiger partial charge in [-0.05, 0) is 43.5 Å². The third-order valence-electron chi connectivity index (χ3n) is 4.77. The van der Waals surface area contributed by atoms with E-state index in [-0.39, 0.29) is 10.6 Å². The second-order valence-corrected chi connectivity index (χ2v) is 6.91. The highest BCUT2D eigenvalue weighted by molar-refractivity contribution is 7.71. The van der Waals surface area contributed by atoms with Gasteiger partial charge in [-0.2, -0.15) is 0 Å². The topological polar surface area (TPSA) is 67.1 Å². The molecule has 1 N–H and O–H groups in total. The van der Waals surface area contributed by atoms with Gasteiger partial charge in [-0.3, -0.25) is 15.0 Å². The van der Waals surface area contributed by atoms with Crippen LogP contribution in [-0.4, -0.2) is 32.0 Å². The molecule has 7 heteroatoms. The second kappa shape index (κ2) is 4.89. The third-order valence-corrected chi connectivity index (χ3v) is 5.10. The number of H-pyrrole nitrogens is 1. The summed E-state index contributed by atoms with van der Waals surface area (Å²) < 4.78 is 2.75. The van der Waals surface area contributed by atoms with E-state index in [4.69, 9.17) is 12.2 Å². The Hall–Kier alpha value is -1.73. The standard InChI is InChI=1S/C15H18N4O2S/c1-9-6-18-14-11(8-17(9)7-10-2-3-10)4-12(19(20)21)5-13(14)16-15(18)22/h4-5,9-10H,2-3,6-8H2,1H3,(H,16,22). The number of nitro groups is 1. The van der Waals surface area contributed by atoms with Gasteiger partial charge in [0.15, 0.2) is 4.77 Å². The fourth-order valence-corrected chi connectivity index (χ4v) is 3.68. The number of aromatic nitrogens is 2. The molecule has 0 spiro atoms. The summed E-state index contributed by atoms with van der Waals surface area (Å²) in [6, 6.07) is 3.67. The van der Waals surface area contributed by atoms with Crippen molar-refractivity contribution >= 4 is 28.9 Å². The van der Waals surface area contributed by atoms with Gasteiger partial charge in [-0.25, -0.2) is 0 Å². The first-order chi connectivity index (χ1) is 10.5.